The number of aliphatic imine (C=N–C) groups is 1. The third-order valence-corrected chi connectivity index (χ3v) is 6.77. The minimum absolute atomic E-state index is 0.0230. The van der Waals surface area contributed by atoms with Crippen molar-refractivity contribution in [3.05, 3.63) is 65.9 Å². The molecule has 14 nitrogen and oxygen atoms in total. The number of aliphatic carboxylic acids is 1. The average molecular weight is 595 g/mol. The van der Waals surface area contributed by atoms with Crippen molar-refractivity contribution in [1.29, 1.82) is 0 Å². The highest BCUT2D eigenvalue weighted by Crippen LogP contribution is 2.19. The maximum Gasteiger partial charge on any atom is 0.326 e. The number of nitrogens with one attached hydrogen (secondary N) is 4. The van der Waals surface area contributed by atoms with E-state index in [9.17, 15) is 29.4 Å². The second kappa shape index (κ2) is 15.2. The lowest BCUT2D eigenvalue weighted by molar-refractivity contribution is -0.142. The van der Waals surface area contributed by atoms with Gasteiger partial charge in [-0.05, 0) is 55.5 Å². The summed E-state index contributed by atoms with van der Waals surface area (Å²) in [7, 11) is 0. The van der Waals surface area contributed by atoms with E-state index >= 15 is 0 Å². The molecule has 4 atom stereocenters. The van der Waals surface area contributed by atoms with Gasteiger partial charge in [-0.3, -0.25) is 19.4 Å². The molecule has 0 spiro atoms. The van der Waals surface area contributed by atoms with E-state index < -0.39 is 47.9 Å². The lowest BCUT2D eigenvalue weighted by atomic mass is 10.0. The van der Waals surface area contributed by atoms with Crippen molar-refractivity contribution in [3.8, 4) is 5.75 Å². The van der Waals surface area contributed by atoms with Crippen LogP contribution in [0.2, 0.25) is 0 Å². The highest BCUT2D eigenvalue weighted by molar-refractivity contribution is 5.94. The smallest absolute Gasteiger partial charge is 0.326 e. The number of fused-ring (bicyclic) bond motifs is 1. The summed E-state index contributed by atoms with van der Waals surface area (Å²) >= 11 is 0. The molecule has 0 fully saturated rings. The molecular weight excluding hydrogens is 556 g/mol. The maximum atomic E-state index is 13.2. The lowest BCUT2D eigenvalue weighted by Crippen LogP contribution is -2.56. The molecule has 12 N–H and O–H groups in total. The van der Waals surface area contributed by atoms with Gasteiger partial charge < -0.3 is 48.3 Å². The summed E-state index contributed by atoms with van der Waals surface area (Å²) in [4.78, 5) is 57.9. The zero-order chi connectivity index (χ0) is 31.5. The van der Waals surface area contributed by atoms with Crippen LogP contribution in [0.5, 0.6) is 5.75 Å². The van der Waals surface area contributed by atoms with Gasteiger partial charge in [0.05, 0.1) is 6.04 Å². The summed E-state index contributed by atoms with van der Waals surface area (Å²) in [5.41, 5.74) is 19.3. The molecule has 0 bridgehead atoms. The summed E-state index contributed by atoms with van der Waals surface area (Å²) in [5.74, 6) is -3.32. The minimum Gasteiger partial charge on any atom is -0.508 e. The number of aromatic hydroxyl groups is 1. The molecule has 0 aliphatic heterocycles. The van der Waals surface area contributed by atoms with Crippen LogP contribution in [-0.4, -0.2) is 75.6 Å². The molecule has 3 aromatic rings. The van der Waals surface area contributed by atoms with Crippen LogP contribution in [0.3, 0.4) is 0 Å². The molecule has 0 aliphatic carbocycles. The highest BCUT2D eigenvalue weighted by Gasteiger charge is 2.28. The van der Waals surface area contributed by atoms with E-state index in [0.717, 1.165) is 16.5 Å². The number of aromatic amines is 1. The molecule has 1 aromatic heterocycles. The Hall–Kier alpha value is -5.11. The molecule has 0 saturated heterocycles. The van der Waals surface area contributed by atoms with E-state index in [4.69, 9.17) is 17.2 Å². The van der Waals surface area contributed by atoms with Crippen LogP contribution in [0.25, 0.3) is 10.9 Å². The summed E-state index contributed by atoms with van der Waals surface area (Å²) < 4.78 is 0. The Morgan fingerprint density at radius 2 is 1.58 bits per heavy atom. The summed E-state index contributed by atoms with van der Waals surface area (Å²) in [6.07, 6.45) is 2.43. The van der Waals surface area contributed by atoms with Gasteiger partial charge in [0, 0.05) is 30.1 Å². The first-order valence-corrected chi connectivity index (χ1v) is 13.7. The molecule has 4 unspecified atom stereocenters. The van der Waals surface area contributed by atoms with Crippen molar-refractivity contribution in [2.75, 3.05) is 6.54 Å². The number of carbonyl (C=O) groups is 4. The van der Waals surface area contributed by atoms with Crippen LogP contribution in [0.1, 0.15) is 30.9 Å². The van der Waals surface area contributed by atoms with Gasteiger partial charge in [-0.15, -0.1) is 0 Å². The monoisotopic (exact) mass is 594 g/mol. The first-order valence-electron chi connectivity index (χ1n) is 13.7. The first-order chi connectivity index (χ1) is 20.4. The van der Waals surface area contributed by atoms with Crippen molar-refractivity contribution in [2.24, 2.45) is 22.2 Å². The second-order valence-electron chi connectivity index (χ2n) is 10.2. The Kier molecular flexibility index (Phi) is 11.5. The Morgan fingerprint density at radius 3 is 2.26 bits per heavy atom. The molecule has 3 rings (SSSR count). The number of phenols is 1. The number of benzene rings is 2. The van der Waals surface area contributed by atoms with Crippen LogP contribution >= 0.6 is 0 Å². The Balaban J connectivity index is 1.63. The molecule has 1 heterocycles. The quantitative estimate of drug-likeness (QED) is 0.0629. The third-order valence-electron chi connectivity index (χ3n) is 6.77. The number of nitrogens with zero attached hydrogens (tertiary/aromatic N) is 1. The maximum absolute atomic E-state index is 13.2. The number of carbonyl (C=O) groups excluding carboxylic acids is 3. The van der Waals surface area contributed by atoms with Crippen LogP contribution in [0.15, 0.2) is 59.7 Å². The zero-order valence-electron chi connectivity index (χ0n) is 23.7. The molecule has 2 aromatic carbocycles. The summed E-state index contributed by atoms with van der Waals surface area (Å²) in [6.45, 7) is 1.60. The van der Waals surface area contributed by atoms with Crippen molar-refractivity contribution >= 4 is 40.6 Å². The fraction of sp³-hybridized carbons (Fsp3) is 0.345. The average Bonchev–Trinajstić information content (AvgIpc) is 3.37. The highest BCUT2D eigenvalue weighted by atomic mass is 16.4. The number of rotatable bonds is 15. The second-order valence-corrected chi connectivity index (χ2v) is 10.2. The first kappa shape index (κ1) is 32.4. The number of hydrogen-bond acceptors (Lipinski definition) is 7. The SMILES string of the molecule is CC(NC(=O)C(CCCN=C(N)N)NC(=O)C(N)Cc1c[nH]c2ccccc12)C(=O)NC(Cc1ccc(O)cc1)C(=O)O. The molecule has 43 heavy (non-hydrogen) atoms. The Morgan fingerprint density at radius 1 is 0.907 bits per heavy atom. The molecule has 230 valence electrons. The van der Waals surface area contributed by atoms with Gasteiger partial charge in [-0.2, -0.15) is 0 Å². The van der Waals surface area contributed by atoms with Gasteiger partial charge in [0.25, 0.3) is 0 Å². The van der Waals surface area contributed by atoms with Crippen LogP contribution < -0.4 is 33.2 Å². The molecule has 3 amide bonds. The van der Waals surface area contributed by atoms with Crippen molar-refractivity contribution in [1.82, 2.24) is 20.9 Å². The van der Waals surface area contributed by atoms with E-state index in [1.165, 1.54) is 19.1 Å². The van der Waals surface area contributed by atoms with E-state index in [0.29, 0.717) is 12.0 Å². The van der Waals surface area contributed by atoms with Gasteiger partial charge in [0.15, 0.2) is 5.96 Å². The number of guanidine groups is 1. The van der Waals surface area contributed by atoms with Gasteiger partial charge in [-0.1, -0.05) is 30.3 Å². The van der Waals surface area contributed by atoms with E-state index in [1.54, 1.807) is 18.3 Å². The van der Waals surface area contributed by atoms with Gasteiger partial charge in [-0.25, -0.2) is 4.79 Å². The predicted molar refractivity (Wildman–Crippen MR) is 161 cm³/mol. The summed E-state index contributed by atoms with van der Waals surface area (Å²) in [5, 5.41) is 27.6. The zero-order valence-corrected chi connectivity index (χ0v) is 23.7. The Bertz CT molecular complexity index is 1450. The topological polar surface area (TPSA) is 251 Å². The van der Waals surface area contributed by atoms with Crippen LogP contribution in [0, 0.1) is 0 Å². The van der Waals surface area contributed by atoms with Crippen molar-refractivity contribution in [2.45, 2.75) is 56.8 Å². The van der Waals surface area contributed by atoms with E-state index in [-0.39, 0.29) is 37.5 Å². The fourth-order valence-corrected chi connectivity index (χ4v) is 4.43. The number of amides is 3. The lowest BCUT2D eigenvalue weighted by Gasteiger charge is -2.23. The number of nitrogens with two attached hydrogens (primary N) is 3. The van der Waals surface area contributed by atoms with Crippen LogP contribution in [-0.2, 0) is 32.0 Å². The van der Waals surface area contributed by atoms with Crippen LogP contribution in [0.4, 0.5) is 0 Å². The van der Waals surface area contributed by atoms with E-state index in [2.05, 4.69) is 25.9 Å². The predicted octanol–water partition coefficient (Wildman–Crippen LogP) is -0.401. The number of para-hydroxylation sites is 1. The normalized spacial score (nSPS) is 13.7. The molecule has 0 saturated carbocycles. The Labute approximate surface area is 248 Å². The fourth-order valence-electron chi connectivity index (χ4n) is 4.43. The van der Waals surface area contributed by atoms with Gasteiger partial charge in [0.1, 0.15) is 23.9 Å². The largest absolute Gasteiger partial charge is 0.508 e. The number of hydrogen-bond donors (Lipinski definition) is 9. The molecule has 0 radical (unpaired) electrons. The van der Waals surface area contributed by atoms with E-state index in [1.807, 2.05) is 24.3 Å². The number of H-pyrrole nitrogens is 1. The van der Waals surface area contributed by atoms with Crippen molar-refractivity contribution in [3.63, 3.8) is 0 Å². The number of aromatic nitrogens is 1. The standard InChI is InChI=1S/C29H38N8O6/c1-16(25(39)37-24(28(42)43)13-17-8-10-19(38)11-9-17)35-27(41)23(7-4-12-33-29(31)32)36-26(40)21(30)14-18-15-34-22-6-3-2-5-20(18)22/h2-3,5-6,8-11,15-16,21,23-24,34,38H,4,7,12-14,30H2,1H3,(H,35,41)(H,36,40)(H,37,39)(H,42,43)(H4,31,32,33). The third kappa shape index (κ3) is 9.74. The molecule has 14 heteroatoms. The molecular formula is C29H38N8O6. The van der Waals surface area contributed by atoms with Gasteiger partial charge in [0.2, 0.25) is 17.7 Å². The number of phenolic OH excluding ortho intramolecular Hbond substituents is 1. The molecule has 0 aliphatic rings. The summed E-state index contributed by atoms with van der Waals surface area (Å²) in [6, 6.07) is 9.04. The van der Waals surface area contributed by atoms with Gasteiger partial charge >= 0.3 is 5.97 Å². The minimum atomic E-state index is -1.28. The van der Waals surface area contributed by atoms with Crippen molar-refractivity contribution < 1.29 is 29.4 Å². The number of carboxylic acid groups (broad SMARTS) is 1. The number of carboxylic acids is 1.